The van der Waals surface area contributed by atoms with Gasteiger partial charge in [0.1, 0.15) is 19.3 Å². The summed E-state index contributed by atoms with van der Waals surface area (Å²) in [5.74, 6) is -0.649. The maximum absolute atomic E-state index is 11.8. The number of hydrogen-bond acceptors (Lipinski definition) is 7. The molecule has 0 atom stereocenters. The summed E-state index contributed by atoms with van der Waals surface area (Å²) in [5.41, 5.74) is 2.62. The molecule has 132 valence electrons. The van der Waals surface area contributed by atoms with Crippen LogP contribution < -0.4 is 5.48 Å². The van der Waals surface area contributed by atoms with E-state index in [-0.39, 0.29) is 12.3 Å². The number of nitrogens with zero attached hydrogens (tertiary/aromatic N) is 1. The lowest BCUT2D eigenvalue weighted by Crippen LogP contribution is -2.32. The van der Waals surface area contributed by atoms with Gasteiger partial charge in [-0.2, -0.15) is 5.48 Å². The molecule has 0 aliphatic carbocycles. The van der Waals surface area contributed by atoms with Crippen molar-refractivity contribution >= 4 is 17.8 Å². The maximum atomic E-state index is 11.8. The Hall–Kier alpha value is -2.61. The monoisotopic (exact) mass is 338 g/mol. The number of esters is 1. The Kier molecular flexibility index (Phi) is 7.19. The topological polar surface area (TPSA) is 95.5 Å². The average Bonchev–Trinajstić information content (AvgIpc) is 2.51. The van der Waals surface area contributed by atoms with Gasteiger partial charge in [-0.15, -0.1) is 0 Å². The Morgan fingerprint density at radius 2 is 1.83 bits per heavy atom. The van der Waals surface area contributed by atoms with Crippen molar-refractivity contribution in [3.8, 4) is 0 Å². The van der Waals surface area contributed by atoms with Gasteiger partial charge in [0.15, 0.2) is 5.71 Å². The summed E-state index contributed by atoms with van der Waals surface area (Å²) in [6, 6.07) is 6.88. The number of ether oxygens (including phenoxy) is 2. The van der Waals surface area contributed by atoms with Crippen LogP contribution in [-0.4, -0.2) is 37.6 Å². The Labute approximate surface area is 140 Å². The predicted molar refractivity (Wildman–Crippen MR) is 86.2 cm³/mol. The number of carbonyl (C=O) groups is 2. The molecule has 1 N–H and O–H groups in total. The van der Waals surface area contributed by atoms with Crippen molar-refractivity contribution in [2.45, 2.75) is 33.0 Å². The van der Waals surface area contributed by atoms with E-state index in [0.29, 0.717) is 11.1 Å². The average molecular weight is 338 g/mol. The third kappa shape index (κ3) is 6.25. The molecule has 0 aliphatic rings. The summed E-state index contributed by atoms with van der Waals surface area (Å²) in [6.07, 6.45) is -0.710. The van der Waals surface area contributed by atoms with Gasteiger partial charge in [0.25, 0.3) is 0 Å². The molecule has 0 unspecified atom stereocenters. The third-order valence-electron chi connectivity index (χ3n) is 2.62. The van der Waals surface area contributed by atoms with E-state index in [1.807, 2.05) is 0 Å². The number of benzene rings is 1. The molecular weight excluding hydrogens is 316 g/mol. The number of nitrogens with one attached hydrogen (secondary N) is 1. The fourth-order valence-corrected chi connectivity index (χ4v) is 1.73. The van der Waals surface area contributed by atoms with E-state index in [1.165, 1.54) is 14.2 Å². The molecule has 24 heavy (non-hydrogen) atoms. The smallest absolute Gasteiger partial charge is 0.431 e. The van der Waals surface area contributed by atoms with Gasteiger partial charge in [-0.3, -0.25) is 4.84 Å². The normalized spacial score (nSPS) is 11.6. The van der Waals surface area contributed by atoms with Gasteiger partial charge in [-0.25, -0.2) is 9.59 Å². The fraction of sp³-hybridized carbons (Fsp3) is 0.438. The molecular formula is C16H22N2O6. The molecule has 1 amide bonds. The summed E-state index contributed by atoms with van der Waals surface area (Å²) < 4.78 is 9.75. The standard InChI is InChI=1S/C16H22N2O6/c1-16(2,3)24-15(20)18-23-10-11-8-6-7-9-12(11)13(17-22-5)14(19)21-4/h6-9H,10H2,1-5H3,(H,18,20)/b17-13-. The van der Waals surface area contributed by atoms with Crippen molar-refractivity contribution in [1.29, 1.82) is 0 Å². The molecule has 0 radical (unpaired) electrons. The highest BCUT2D eigenvalue weighted by molar-refractivity contribution is 6.43. The molecule has 0 spiro atoms. The molecule has 1 rings (SSSR count). The first-order valence-corrected chi connectivity index (χ1v) is 7.17. The van der Waals surface area contributed by atoms with Crippen LogP contribution in [0.15, 0.2) is 29.4 Å². The van der Waals surface area contributed by atoms with Gasteiger partial charge < -0.3 is 14.3 Å². The number of rotatable bonds is 6. The van der Waals surface area contributed by atoms with Gasteiger partial charge in [0, 0.05) is 5.56 Å². The highest BCUT2D eigenvalue weighted by atomic mass is 16.7. The van der Waals surface area contributed by atoms with Crippen LogP contribution in [0.2, 0.25) is 0 Å². The minimum atomic E-state index is -0.710. The van der Waals surface area contributed by atoms with Crippen LogP contribution in [0.4, 0.5) is 4.79 Å². The number of amides is 1. The van der Waals surface area contributed by atoms with Crippen molar-refractivity contribution in [2.75, 3.05) is 14.2 Å². The molecule has 0 aromatic heterocycles. The zero-order valence-corrected chi connectivity index (χ0v) is 14.4. The van der Waals surface area contributed by atoms with Crippen molar-refractivity contribution in [1.82, 2.24) is 5.48 Å². The first-order chi connectivity index (χ1) is 11.3. The molecule has 8 heteroatoms. The second kappa shape index (κ2) is 8.88. The number of oxime groups is 1. The van der Waals surface area contributed by atoms with Crippen LogP contribution in [-0.2, 0) is 30.6 Å². The van der Waals surface area contributed by atoms with Crippen molar-refractivity contribution in [2.24, 2.45) is 5.16 Å². The van der Waals surface area contributed by atoms with Crippen LogP contribution in [0, 0.1) is 0 Å². The molecule has 0 fully saturated rings. The molecule has 0 bridgehead atoms. The quantitative estimate of drug-likeness (QED) is 0.485. The van der Waals surface area contributed by atoms with E-state index in [1.54, 1.807) is 45.0 Å². The summed E-state index contributed by atoms with van der Waals surface area (Å²) in [4.78, 5) is 33.2. The van der Waals surface area contributed by atoms with Crippen LogP contribution in [0.25, 0.3) is 0 Å². The van der Waals surface area contributed by atoms with Crippen LogP contribution in [0.3, 0.4) is 0 Å². The van der Waals surface area contributed by atoms with E-state index in [9.17, 15) is 9.59 Å². The third-order valence-corrected chi connectivity index (χ3v) is 2.62. The summed E-state index contributed by atoms with van der Waals surface area (Å²) in [7, 11) is 2.57. The van der Waals surface area contributed by atoms with Crippen molar-refractivity contribution in [3.05, 3.63) is 35.4 Å². The van der Waals surface area contributed by atoms with Crippen LogP contribution >= 0.6 is 0 Å². The first-order valence-electron chi connectivity index (χ1n) is 7.17. The van der Waals surface area contributed by atoms with Gasteiger partial charge in [-0.05, 0) is 26.3 Å². The zero-order valence-electron chi connectivity index (χ0n) is 14.4. The van der Waals surface area contributed by atoms with Crippen molar-refractivity contribution in [3.63, 3.8) is 0 Å². The number of hydroxylamine groups is 1. The molecule has 0 aliphatic heterocycles. The Balaban J connectivity index is 2.82. The predicted octanol–water partition coefficient (Wildman–Crippen LogP) is 2.17. The minimum Gasteiger partial charge on any atom is -0.464 e. The largest absolute Gasteiger partial charge is 0.464 e. The summed E-state index contributed by atoms with van der Waals surface area (Å²) in [6.45, 7) is 5.22. The SMILES string of the molecule is CO/N=C(\C(=O)OC)c1ccccc1CONC(=O)OC(C)(C)C. The van der Waals surface area contributed by atoms with Crippen LogP contribution in [0.1, 0.15) is 31.9 Å². The van der Waals surface area contributed by atoms with E-state index < -0.39 is 17.7 Å². The maximum Gasteiger partial charge on any atom is 0.431 e. The van der Waals surface area contributed by atoms with E-state index in [4.69, 9.17) is 19.1 Å². The van der Waals surface area contributed by atoms with Crippen LogP contribution in [0.5, 0.6) is 0 Å². The molecule has 0 heterocycles. The lowest BCUT2D eigenvalue weighted by atomic mass is 10.0. The highest BCUT2D eigenvalue weighted by Gasteiger charge is 2.20. The molecule has 0 saturated carbocycles. The number of methoxy groups -OCH3 is 1. The minimum absolute atomic E-state index is 0.00327. The highest BCUT2D eigenvalue weighted by Crippen LogP contribution is 2.13. The first kappa shape index (κ1) is 19.4. The second-order valence-electron chi connectivity index (χ2n) is 5.66. The van der Waals surface area contributed by atoms with E-state index in [0.717, 1.165) is 0 Å². The lowest BCUT2D eigenvalue weighted by molar-refractivity contribution is -0.132. The van der Waals surface area contributed by atoms with Gasteiger partial charge >= 0.3 is 12.1 Å². The summed E-state index contributed by atoms with van der Waals surface area (Å²) >= 11 is 0. The Bertz CT molecular complexity index is 607. The van der Waals surface area contributed by atoms with Crippen molar-refractivity contribution < 1.29 is 28.7 Å². The summed E-state index contributed by atoms with van der Waals surface area (Å²) in [5, 5.41) is 3.69. The second-order valence-corrected chi connectivity index (χ2v) is 5.66. The van der Waals surface area contributed by atoms with Gasteiger partial charge in [0.2, 0.25) is 0 Å². The number of hydrogen-bond donors (Lipinski definition) is 1. The Morgan fingerprint density at radius 1 is 1.17 bits per heavy atom. The fourth-order valence-electron chi connectivity index (χ4n) is 1.73. The van der Waals surface area contributed by atoms with Gasteiger partial charge in [-0.1, -0.05) is 29.4 Å². The molecule has 1 aromatic rings. The van der Waals surface area contributed by atoms with Gasteiger partial charge in [0.05, 0.1) is 7.11 Å². The molecule has 0 saturated heterocycles. The lowest BCUT2D eigenvalue weighted by Gasteiger charge is -2.19. The van der Waals surface area contributed by atoms with E-state index >= 15 is 0 Å². The van der Waals surface area contributed by atoms with E-state index in [2.05, 4.69) is 10.6 Å². The number of carbonyl (C=O) groups excluding carboxylic acids is 2. The Morgan fingerprint density at radius 3 is 2.42 bits per heavy atom. The zero-order chi connectivity index (χ0) is 18.2. The molecule has 8 nitrogen and oxygen atoms in total. The molecule has 1 aromatic carbocycles.